The van der Waals surface area contributed by atoms with Gasteiger partial charge in [0.1, 0.15) is 17.4 Å². The van der Waals surface area contributed by atoms with E-state index in [-0.39, 0.29) is 30.5 Å². The Balaban J connectivity index is 2.00. The van der Waals surface area contributed by atoms with E-state index in [4.69, 9.17) is 0 Å². The Labute approximate surface area is 148 Å². The summed E-state index contributed by atoms with van der Waals surface area (Å²) in [5, 5.41) is 32.3. The third-order valence-electron chi connectivity index (χ3n) is 3.99. The minimum absolute atomic E-state index is 0.0378. The lowest BCUT2D eigenvalue weighted by molar-refractivity contribution is -0.389. The van der Waals surface area contributed by atoms with Crippen LogP contribution in [0.25, 0.3) is 0 Å². The van der Waals surface area contributed by atoms with Gasteiger partial charge in [0, 0.05) is 6.54 Å². The molecule has 0 fully saturated rings. The van der Waals surface area contributed by atoms with Gasteiger partial charge in [0.05, 0.1) is 28.3 Å². The van der Waals surface area contributed by atoms with Crippen LogP contribution >= 0.6 is 0 Å². The van der Waals surface area contributed by atoms with Crippen LogP contribution in [0.2, 0.25) is 0 Å². The van der Waals surface area contributed by atoms with E-state index in [1.54, 1.807) is 27.7 Å². The van der Waals surface area contributed by atoms with E-state index in [0.29, 0.717) is 17.1 Å². The molecule has 12 nitrogen and oxygen atoms in total. The van der Waals surface area contributed by atoms with Crippen molar-refractivity contribution in [3.05, 3.63) is 43.4 Å². The van der Waals surface area contributed by atoms with Crippen molar-refractivity contribution in [1.82, 2.24) is 24.9 Å². The molecule has 0 radical (unpaired) electrons. The van der Waals surface area contributed by atoms with Gasteiger partial charge in [0.2, 0.25) is 5.91 Å². The van der Waals surface area contributed by atoms with Crippen LogP contribution in [0.5, 0.6) is 0 Å². The smallest absolute Gasteiger partial charge is 0.358 e. The number of aromatic nitrogens is 4. The lowest BCUT2D eigenvalue weighted by atomic mass is 10.3. The van der Waals surface area contributed by atoms with Crippen LogP contribution in [0, 0.1) is 41.0 Å². The van der Waals surface area contributed by atoms with Crippen molar-refractivity contribution in [2.75, 3.05) is 6.54 Å². The molecule has 26 heavy (non-hydrogen) atoms. The molecule has 2 aromatic heterocycles. The largest absolute Gasteiger partial charge is 0.390 e. The first kappa shape index (κ1) is 19.0. The predicted octanol–water partition coefficient (Wildman–Crippen LogP) is 1.20. The molecular weight excluding hydrogens is 346 g/mol. The third kappa shape index (κ3) is 3.68. The number of amides is 1. The summed E-state index contributed by atoms with van der Waals surface area (Å²) in [6, 6.07) is 0.553. The van der Waals surface area contributed by atoms with Gasteiger partial charge < -0.3 is 15.4 Å². The molecule has 1 unspecified atom stereocenters. The second-order valence-corrected chi connectivity index (χ2v) is 5.81. The summed E-state index contributed by atoms with van der Waals surface area (Å²) < 4.78 is 2.74. The number of nitrogens with one attached hydrogen (secondary N) is 1. The zero-order valence-corrected chi connectivity index (χ0v) is 14.8. The number of aryl methyl sites for hydroxylation is 2. The number of carbonyl (C=O) groups is 1. The van der Waals surface area contributed by atoms with Crippen molar-refractivity contribution >= 4 is 17.4 Å². The number of hydrogen-bond donors (Lipinski definition) is 1. The van der Waals surface area contributed by atoms with E-state index in [9.17, 15) is 25.0 Å². The second kappa shape index (κ2) is 7.29. The van der Waals surface area contributed by atoms with Gasteiger partial charge in [-0.1, -0.05) is 0 Å². The molecule has 0 saturated heterocycles. The fourth-order valence-electron chi connectivity index (χ4n) is 2.67. The van der Waals surface area contributed by atoms with E-state index in [1.165, 1.54) is 15.4 Å². The highest BCUT2D eigenvalue weighted by Gasteiger charge is 2.25. The van der Waals surface area contributed by atoms with E-state index < -0.39 is 15.9 Å². The van der Waals surface area contributed by atoms with Crippen molar-refractivity contribution in [2.24, 2.45) is 0 Å². The van der Waals surface area contributed by atoms with Gasteiger partial charge in [0.15, 0.2) is 0 Å². The summed E-state index contributed by atoms with van der Waals surface area (Å²) >= 11 is 0. The number of hydrogen-bond acceptors (Lipinski definition) is 7. The molecule has 1 atom stereocenters. The Morgan fingerprint density at radius 2 is 1.88 bits per heavy atom. The lowest BCUT2D eigenvalue weighted by Crippen LogP contribution is -2.34. The third-order valence-corrected chi connectivity index (χ3v) is 3.99. The van der Waals surface area contributed by atoms with Gasteiger partial charge in [-0.05, 0) is 32.6 Å². The molecule has 1 N–H and O–H groups in total. The fourth-order valence-corrected chi connectivity index (χ4v) is 2.67. The molecule has 1 amide bonds. The van der Waals surface area contributed by atoms with E-state index in [1.807, 2.05) is 0 Å². The van der Waals surface area contributed by atoms with E-state index in [0.717, 1.165) is 0 Å². The molecule has 0 aliphatic heterocycles. The molecule has 0 saturated carbocycles. The molecule has 0 aliphatic carbocycles. The summed E-state index contributed by atoms with van der Waals surface area (Å²) in [5.74, 6) is -0.695. The second-order valence-electron chi connectivity index (χ2n) is 5.81. The van der Waals surface area contributed by atoms with Crippen LogP contribution in [-0.4, -0.2) is 41.9 Å². The van der Waals surface area contributed by atoms with Gasteiger partial charge >= 0.3 is 11.5 Å². The Kier molecular flexibility index (Phi) is 5.33. The van der Waals surface area contributed by atoms with Crippen molar-refractivity contribution in [3.8, 4) is 0 Å². The fraction of sp³-hybridized carbons (Fsp3) is 0.500. The average molecular weight is 365 g/mol. The molecule has 0 spiro atoms. The average Bonchev–Trinajstić information content (AvgIpc) is 3.07. The number of nitro groups is 2. The number of nitrogens with zero attached hydrogens (tertiary/aromatic N) is 6. The first-order chi connectivity index (χ1) is 12.1. The monoisotopic (exact) mass is 365 g/mol. The summed E-state index contributed by atoms with van der Waals surface area (Å²) in [6.45, 7) is 6.80. The molecule has 0 bridgehead atoms. The Hall–Kier alpha value is -3.31. The van der Waals surface area contributed by atoms with Gasteiger partial charge in [0.25, 0.3) is 0 Å². The maximum atomic E-state index is 12.3. The highest BCUT2D eigenvalue weighted by molar-refractivity contribution is 5.79. The van der Waals surface area contributed by atoms with Gasteiger partial charge in [-0.2, -0.15) is 9.78 Å². The predicted molar refractivity (Wildman–Crippen MR) is 89.7 cm³/mol. The summed E-state index contributed by atoms with van der Waals surface area (Å²) in [7, 11) is 0. The molecule has 0 aliphatic rings. The standard InChI is InChI=1S/C14H19N7O5/c1-8-7-12(20(23)24)17-19(8)11(4)14(22)15-5-6-18-10(3)13(21(25)26)9(2)16-18/h7,11H,5-6H2,1-4H3,(H,15,22). The minimum atomic E-state index is -0.738. The van der Waals surface area contributed by atoms with Crippen molar-refractivity contribution < 1.29 is 14.6 Å². The Morgan fingerprint density at radius 1 is 1.23 bits per heavy atom. The zero-order valence-electron chi connectivity index (χ0n) is 14.8. The molecule has 2 heterocycles. The SMILES string of the molecule is Cc1nn(CCNC(=O)C(C)n2nc([N+](=O)[O-])cc2C)c(C)c1[N+](=O)[O-]. The van der Waals surface area contributed by atoms with Crippen LogP contribution in [0.15, 0.2) is 6.07 Å². The minimum Gasteiger partial charge on any atom is -0.358 e. The van der Waals surface area contributed by atoms with Crippen molar-refractivity contribution in [2.45, 2.75) is 40.3 Å². The first-order valence-corrected chi connectivity index (χ1v) is 7.80. The first-order valence-electron chi connectivity index (χ1n) is 7.80. The summed E-state index contributed by atoms with van der Waals surface area (Å²) in [5.41, 5.74) is 1.18. The molecule has 140 valence electrons. The molecule has 2 rings (SSSR count). The maximum absolute atomic E-state index is 12.3. The van der Waals surface area contributed by atoms with E-state index in [2.05, 4.69) is 15.5 Å². The zero-order chi connectivity index (χ0) is 19.6. The Bertz CT molecular complexity index is 869. The lowest BCUT2D eigenvalue weighted by Gasteiger charge is -2.11. The highest BCUT2D eigenvalue weighted by atomic mass is 16.6. The van der Waals surface area contributed by atoms with Crippen molar-refractivity contribution in [3.63, 3.8) is 0 Å². The van der Waals surface area contributed by atoms with Crippen LogP contribution < -0.4 is 5.32 Å². The van der Waals surface area contributed by atoms with Crippen LogP contribution in [0.4, 0.5) is 11.5 Å². The maximum Gasteiger partial charge on any atom is 0.390 e. The van der Waals surface area contributed by atoms with Gasteiger partial charge in [-0.25, -0.2) is 0 Å². The quantitative estimate of drug-likeness (QED) is 0.571. The number of carbonyl (C=O) groups excluding carboxylic acids is 1. The van der Waals surface area contributed by atoms with Gasteiger partial charge in [-0.15, -0.1) is 0 Å². The number of rotatable bonds is 7. The van der Waals surface area contributed by atoms with Crippen LogP contribution in [-0.2, 0) is 11.3 Å². The van der Waals surface area contributed by atoms with Crippen LogP contribution in [0.3, 0.4) is 0 Å². The molecule has 0 aromatic carbocycles. The molecule has 2 aromatic rings. The highest BCUT2D eigenvalue weighted by Crippen LogP contribution is 2.21. The van der Waals surface area contributed by atoms with Gasteiger partial charge in [-0.3, -0.25) is 19.6 Å². The molecular formula is C14H19N7O5. The van der Waals surface area contributed by atoms with E-state index >= 15 is 0 Å². The normalized spacial score (nSPS) is 12.0. The molecule has 12 heteroatoms. The van der Waals surface area contributed by atoms with Crippen LogP contribution in [0.1, 0.15) is 30.0 Å². The summed E-state index contributed by atoms with van der Waals surface area (Å²) in [4.78, 5) is 32.9. The summed E-state index contributed by atoms with van der Waals surface area (Å²) in [6.07, 6.45) is 0. The van der Waals surface area contributed by atoms with Crippen molar-refractivity contribution in [1.29, 1.82) is 0 Å². The Morgan fingerprint density at radius 3 is 2.38 bits per heavy atom. The topological polar surface area (TPSA) is 151 Å².